The zero-order valence-corrected chi connectivity index (χ0v) is 22.7. The third kappa shape index (κ3) is 9.59. The number of aliphatic hydroxyl groups excluding tert-OH is 1. The van der Waals surface area contributed by atoms with Crippen molar-refractivity contribution in [3.63, 3.8) is 0 Å². The van der Waals surface area contributed by atoms with Gasteiger partial charge in [0.05, 0.1) is 23.8 Å². The molecule has 0 spiro atoms. The summed E-state index contributed by atoms with van der Waals surface area (Å²) in [6.07, 6.45) is -2.68. The molecule has 3 rings (SSSR count). The number of phosphoric ester groups is 1. The summed E-state index contributed by atoms with van der Waals surface area (Å²) in [6.45, 7) is -1.32. The summed E-state index contributed by atoms with van der Waals surface area (Å²) in [5, 5.41) is 18.8. The van der Waals surface area contributed by atoms with Crippen LogP contribution in [0.25, 0.3) is 11.3 Å². The van der Waals surface area contributed by atoms with E-state index in [4.69, 9.17) is 30.6 Å². The van der Waals surface area contributed by atoms with Crippen LogP contribution in [0.2, 0.25) is 5.02 Å². The number of aromatic nitrogens is 1. The zero-order valence-electron chi connectivity index (χ0n) is 21.1. The second-order valence-electron chi connectivity index (χ2n) is 8.48. The Balaban J connectivity index is 1.62. The molecule has 3 aromatic rings. The minimum Gasteiger partial charge on any atom is -0.447 e. The van der Waals surface area contributed by atoms with Gasteiger partial charge < -0.3 is 34.4 Å². The number of nitrogens with zero attached hydrogens (tertiary/aromatic N) is 2. The van der Waals surface area contributed by atoms with Crippen molar-refractivity contribution in [2.45, 2.75) is 25.1 Å². The Kier molecular flexibility index (Phi) is 11.0. The molecule has 2 atom stereocenters. The molecule has 16 heteroatoms. The van der Waals surface area contributed by atoms with Crippen molar-refractivity contribution in [2.24, 2.45) is 0 Å². The fourth-order valence-electron chi connectivity index (χ4n) is 3.43. The number of carbonyl (C=O) groups excluding carboxylic acids is 2. The molecule has 0 saturated carbocycles. The number of aliphatic hydroxyl groups is 1. The third-order valence-corrected chi connectivity index (χ3v) is 6.42. The average molecular weight is 601 g/mol. The van der Waals surface area contributed by atoms with Crippen LogP contribution in [-0.2, 0) is 20.4 Å². The highest BCUT2D eigenvalue weighted by Gasteiger charge is 2.27. The van der Waals surface area contributed by atoms with Crippen LogP contribution in [0.4, 0.5) is 19.8 Å². The SMILES string of the molecule is CN(C(=O)NCc1cccc(F)c1Cl)[C@H](COC(=O)Nc1cc(-c2ccccc2)on1)C[C@@H](O)COP(=O)(O)O. The predicted molar refractivity (Wildman–Crippen MR) is 141 cm³/mol. The quantitative estimate of drug-likeness (QED) is 0.192. The Morgan fingerprint density at radius 3 is 2.60 bits per heavy atom. The number of amides is 3. The molecule has 40 heavy (non-hydrogen) atoms. The number of hydrogen-bond acceptors (Lipinski definition) is 8. The van der Waals surface area contributed by atoms with E-state index in [1.807, 2.05) is 6.07 Å². The van der Waals surface area contributed by atoms with Crippen LogP contribution in [0.5, 0.6) is 0 Å². The lowest BCUT2D eigenvalue weighted by Gasteiger charge is -2.29. The fraction of sp³-hybridized carbons (Fsp3) is 0.292. The van der Waals surface area contributed by atoms with Gasteiger partial charge in [0.25, 0.3) is 0 Å². The number of urea groups is 1. The Labute approximate surface area is 233 Å². The second kappa shape index (κ2) is 14.2. The summed E-state index contributed by atoms with van der Waals surface area (Å²) in [6, 6.07) is 12.9. The van der Waals surface area contributed by atoms with Crippen molar-refractivity contribution in [1.29, 1.82) is 0 Å². The molecule has 0 aliphatic rings. The van der Waals surface area contributed by atoms with Crippen LogP contribution in [0, 0.1) is 5.82 Å². The van der Waals surface area contributed by atoms with Crippen LogP contribution in [0.15, 0.2) is 59.1 Å². The number of hydrogen-bond donors (Lipinski definition) is 5. The number of anilines is 1. The summed E-state index contributed by atoms with van der Waals surface area (Å²) in [7, 11) is -3.51. The largest absolute Gasteiger partial charge is 0.469 e. The molecule has 3 amide bonds. The normalized spacial score (nSPS) is 12.8. The lowest BCUT2D eigenvalue weighted by atomic mass is 10.1. The lowest BCUT2D eigenvalue weighted by molar-refractivity contribution is 0.0452. The van der Waals surface area contributed by atoms with Crippen molar-refractivity contribution >= 4 is 37.4 Å². The summed E-state index contributed by atoms with van der Waals surface area (Å²) < 4.78 is 39.4. The first kappa shape index (κ1) is 31.0. The molecule has 13 nitrogen and oxygen atoms in total. The van der Waals surface area contributed by atoms with Crippen molar-refractivity contribution < 1.29 is 47.2 Å². The maximum absolute atomic E-state index is 13.7. The van der Waals surface area contributed by atoms with E-state index < -0.39 is 51.1 Å². The lowest BCUT2D eigenvalue weighted by Crippen LogP contribution is -2.47. The van der Waals surface area contributed by atoms with Gasteiger partial charge in [-0.15, -0.1) is 0 Å². The van der Waals surface area contributed by atoms with Crippen molar-refractivity contribution in [3.8, 4) is 11.3 Å². The van der Waals surface area contributed by atoms with Gasteiger partial charge in [0.15, 0.2) is 11.6 Å². The summed E-state index contributed by atoms with van der Waals surface area (Å²) in [5.74, 6) is -0.194. The fourth-order valence-corrected chi connectivity index (χ4v) is 3.99. The molecule has 0 aliphatic heterocycles. The van der Waals surface area contributed by atoms with E-state index >= 15 is 0 Å². The highest BCUT2D eigenvalue weighted by atomic mass is 35.5. The van der Waals surface area contributed by atoms with Crippen LogP contribution in [-0.4, -0.2) is 69.5 Å². The van der Waals surface area contributed by atoms with Crippen LogP contribution >= 0.6 is 19.4 Å². The summed E-state index contributed by atoms with van der Waals surface area (Å²) in [4.78, 5) is 44.1. The number of rotatable bonds is 12. The molecule has 0 saturated heterocycles. The summed E-state index contributed by atoms with van der Waals surface area (Å²) in [5.41, 5.74) is 1.04. The van der Waals surface area contributed by atoms with Crippen molar-refractivity contribution in [1.82, 2.24) is 15.4 Å². The maximum Gasteiger partial charge on any atom is 0.469 e. The van der Waals surface area contributed by atoms with Gasteiger partial charge in [-0.25, -0.2) is 18.5 Å². The van der Waals surface area contributed by atoms with E-state index in [-0.39, 0.29) is 23.8 Å². The topological polar surface area (TPSA) is 184 Å². The second-order valence-corrected chi connectivity index (χ2v) is 10.1. The molecule has 216 valence electrons. The van der Waals surface area contributed by atoms with Crippen LogP contribution in [0.1, 0.15) is 12.0 Å². The van der Waals surface area contributed by atoms with E-state index in [0.717, 1.165) is 10.5 Å². The monoisotopic (exact) mass is 600 g/mol. The number of nitrogens with one attached hydrogen (secondary N) is 2. The minimum absolute atomic E-state index is 0.0635. The van der Waals surface area contributed by atoms with Gasteiger partial charge in [-0.05, 0) is 18.1 Å². The number of benzene rings is 2. The van der Waals surface area contributed by atoms with Gasteiger partial charge >= 0.3 is 19.9 Å². The maximum atomic E-state index is 13.7. The van der Waals surface area contributed by atoms with Crippen molar-refractivity contribution in [3.05, 3.63) is 71.0 Å². The van der Waals surface area contributed by atoms with E-state index in [1.165, 1.54) is 31.3 Å². The Bertz CT molecular complexity index is 1340. The molecule has 0 aliphatic carbocycles. The average Bonchev–Trinajstić information content (AvgIpc) is 3.38. The summed E-state index contributed by atoms with van der Waals surface area (Å²) >= 11 is 5.92. The first-order valence-electron chi connectivity index (χ1n) is 11.7. The number of halogens is 2. The minimum atomic E-state index is -4.86. The number of likely N-dealkylation sites (N-methyl/N-ethyl adjacent to an activating group) is 1. The van der Waals surface area contributed by atoms with Gasteiger partial charge in [0, 0.05) is 25.2 Å². The van der Waals surface area contributed by atoms with Crippen molar-refractivity contribution in [2.75, 3.05) is 25.6 Å². The van der Waals surface area contributed by atoms with Gasteiger partial charge in [0.2, 0.25) is 0 Å². The number of phosphoric acid groups is 1. The van der Waals surface area contributed by atoms with Gasteiger partial charge in [-0.3, -0.25) is 9.84 Å². The van der Waals surface area contributed by atoms with E-state index in [2.05, 4.69) is 20.3 Å². The first-order valence-corrected chi connectivity index (χ1v) is 13.6. The molecular formula is C24H27ClFN4O9P. The Morgan fingerprint density at radius 2 is 1.90 bits per heavy atom. The van der Waals surface area contributed by atoms with Crippen LogP contribution in [0.3, 0.4) is 0 Å². The Morgan fingerprint density at radius 1 is 1.18 bits per heavy atom. The standard InChI is InChI=1S/C24H27ClFN4O9P/c1-30(23(32)27-12-16-8-5-9-19(26)22(16)25)17(10-18(31)14-38-40(34,35)36)13-37-24(33)28-21-11-20(39-29-21)15-6-3-2-4-7-15/h2-9,11,17-18,31H,10,12-14H2,1H3,(H,27,32)(H,28,29,33)(H2,34,35,36)/t17-,18+/m0/s1. The van der Waals surface area contributed by atoms with Gasteiger partial charge in [0.1, 0.15) is 12.4 Å². The van der Waals surface area contributed by atoms with Crippen LogP contribution < -0.4 is 10.6 Å². The first-order chi connectivity index (χ1) is 18.9. The Hall–Kier alpha value is -3.52. The van der Waals surface area contributed by atoms with Gasteiger partial charge in [-0.2, -0.15) is 0 Å². The highest BCUT2D eigenvalue weighted by Crippen LogP contribution is 2.36. The third-order valence-electron chi connectivity index (χ3n) is 5.51. The zero-order chi connectivity index (χ0) is 29.3. The van der Waals surface area contributed by atoms with E-state index in [0.29, 0.717) is 11.3 Å². The number of carbonyl (C=O) groups is 2. The molecule has 0 unspecified atom stereocenters. The molecule has 0 bridgehead atoms. The smallest absolute Gasteiger partial charge is 0.447 e. The highest BCUT2D eigenvalue weighted by molar-refractivity contribution is 7.46. The molecule has 1 aromatic heterocycles. The molecule has 0 radical (unpaired) electrons. The molecular weight excluding hydrogens is 574 g/mol. The van der Waals surface area contributed by atoms with Gasteiger partial charge in [-0.1, -0.05) is 59.2 Å². The number of ether oxygens (including phenoxy) is 1. The van der Waals surface area contributed by atoms with E-state index in [1.54, 1.807) is 24.3 Å². The predicted octanol–water partition coefficient (Wildman–Crippen LogP) is 3.75. The molecule has 2 aromatic carbocycles. The molecule has 0 fully saturated rings. The molecule has 1 heterocycles. The van der Waals surface area contributed by atoms with E-state index in [9.17, 15) is 23.7 Å². The molecule has 5 N–H and O–H groups in total.